The lowest BCUT2D eigenvalue weighted by atomic mass is 10.3. The molecule has 0 atom stereocenters. The summed E-state index contributed by atoms with van der Waals surface area (Å²) in [6.45, 7) is -0.845. The van der Waals surface area contributed by atoms with Gasteiger partial charge >= 0.3 is 5.97 Å². The second-order valence-corrected chi connectivity index (χ2v) is 6.36. The first-order valence-corrected chi connectivity index (χ1v) is 8.34. The van der Waals surface area contributed by atoms with E-state index in [4.69, 9.17) is 55.9 Å². The van der Waals surface area contributed by atoms with Crippen molar-refractivity contribution < 1.29 is 19.1 Å². The zero-order valence-electron chi connectivity index (χ0n) is 12.5. The van der Waals surface area contributed by atoms with Gasteiger partial charge in [0.1, 0.15) is 5.75 Å². The van der Waals surface area contributed by atoms with E-state index in [0.29, 0.717) is 10.8 Å². The highest BCUT2D eigenvalue weighted by Crippen LogP contribution is 2.32. The van der Waals surface area contributed by atoms with Gasteiger partial charge in [-0.2, -0.15) is 0 Å². The van der Waals surface area contributed by atoms with Crippen LogP contribution in [0.2, 0.25) is 20.1 Å². The number of hydrogen-bond acceptors (Lipinski definition) is 4. The number of amides is 1. The van der Waals surface area contributed by atoms with Crippen LogP contribution in [0.1, 0.15) is 0 Å². The van der Waals surface area contributed by atoms with Gasteiger partial charge in [0.25, 0.3) is 5.91 Å². The summed E-state index contributed by atoms with van der Waals surface area (Å²) in [5.41, 5.74) is 0.259. The number of esters is 1. The number of halogens is 4. The molecule has 25 heavy (non-hydrogen) atoms. The van der Waals surface area contributed by atoms with Crippen LogP contribution < -0.4 is 10.1 Å². The molecule has 9 heteroatoms. The summed E-state index contributed by atoms with van der Waals surface area (Å²) >= 11 is 23.3. The Labute approximate surface area is 163 Å². The first-order chi connectivity index (χ1) is 11.8. The minimum Gasteiger partial charge on any atom is -0.482 e. The van der Waals surface area contributed by atoms with Crippen molar-refractivity contribution in [3.63, 3.8) is 0 Å². The molecule has 0 aliphatic carbocycles. The van der Waals surface area contributed by atoms with Gasteiger partial charge in [0.15, 0.2) is 13.2 Å². The van der Waals surface area contributed by atoms with Crippen molar-refractivity contribution in [1.82, 2.24) is 0 Å². The molecule has 1 amide bonds. The maximum absolute atomic E-state index is 11.8. The van der Waals surface area contributed by atoms with E-state index in [0.717, 1.165) is 0 Å². The van der Waals surface area contributed by atoms with E-state index in [2.05, 4.69) is 5.32 Å². The minimum atomic E-state index is -0.703. The minimum absolute atomic E-state index is 0.208. The largest absolute Gasteiger partial charge is 0.482 e. The lowest BCUT2D eigenvalue weighted by Gasteiger charge is -2.10. The monoisotopic (exact) mass is 421 g/mol. The quantitative estimate of drug-likeness (QED) is 0.533. The lowest BCUT2D eigenvalue weighted by molar-refractivity contribution is -0.149. The summed E-state index contributed by atoms with van der Waals surface area (Å²) in [5.74, 6) is -0.834. The number of hydrogen-bond donors (Lipinski definition) is 1. The van der Waals surface area contributed by atoms with Crippen LogP contribution in [0.15, 0.2) is 36.4 Å². The van der Waals surface area contributed by atoms with Gasteiger partial charge in [-0.05, 0) is 36.4 Å². The van der Waals surface area contributed by atoms with Crippen LogP contribution in [0.3, 0.4) is 0 Å². The topological polar surface area (TPSA) is 64.6 Å². The second kappa shape index (κ2) is 9.15. The maximum atomic E-state index is 11.8. The normalized spacial score (nSPS) is 10.2. The number of anilines is 1. The third kappa shape index (κ3) is 6.29. The van der Waals surface area contributed by atoms with Crippen LogP contribution in [0.4, 0.5) is 5.69 Å². The lowest BCUT2D eigenvalue weighted by Crippen LogP contribution is -2.23. The van der Waals surface area contributed by atoms with Gasteiger partial charge in [-0.1, -0.05) is 46.4 Å². The fourth-order valence-electron chi connectivity index (χ4n) is 1.67. The van der Waals surface area contributed by atoms with E-state index in [1.165, 1.54) is 12.1 Å². The molecular formula is C16H11Cl4NO4. The van der Waals surface area contributed by atoms with E-state index in [9.17, 15) is 9.59 Å². The third-order valence-corrected chi connectivity index (χ3v) is 4.11. The molecule has 0 radical (unpaired) electrons. The highest BCUT2D eigenvalue weighted by molar-refractivity contribution is 6.44. The van der Waals surface area contributed by atoms with Crippen molar-refractivity contribution in [1.29, 1.82) is 0 Å². The van der Waals surface area contributed by atoms with E-state index in [1.807, 2.05) is 0 Å². The first kappa shape index (κ1) is 19.7. The molecular weight excluding hydrogens is 412 g/mol. The summed E-state index contributed by atoms with van der Waals surface area (Å²) in [5, 5.41) is 3.72. The Hall–Kier alpha value is -1.66. The Balaban J connectivity index is 1.78. The molecule has 132 valence electrons. The smallest absolute Gasteiger partial charge is 0.344 e. The van der Waals surface area contributed by atoms with Crippen LogP contribution in [0, 0.1) is 0 Å². The van der Waals surface area contributed by atoms with E-state index < -0.39 is 18.5 Å². The summed E-state index contributed by atoms with van der Waals surface area (Å²) in [7, 11) is 0. The highest BCUT2D eigenvalue weighted by Gasteiger charge is 2.12. The number of nitrogens with one attached hydrogen (secondary N) is 1. The van der Waals surface area contributed by atoms with Gasteiger partial charge in [0.2, 0.25) is 0 Å². The average Bonchev–Trinajstić information content (AvgIpc) is 2.57. The van der Waals surface area contributed by atoms with Gasteiger partial charge < -0.3 is 14.8 Å². The van der Waals surface area contributed by atoms with Crippen molar-refractivity contribution in [3.8, 4) is 5.75 Å². The molecule has 0 aliphatic heterocycles. The van der Waals surface area contributed by atoms with Crippen molar-refractivity contribution in [3.05, 3.63) is 56.5 Å². The van der Waals surface area contributed by atoms with Gasteiger partial charge in [0.05, 0.1) is 20.8 Å². The number of rotatable bonds is 6. The molecule has 0 spiro atoms. The Morgan fingerprint density at radius 2 is 1.52 bits per heavy atom. The summed E-state index contributed by atoms with van der Waals surface area (Å²) in [6, 6.07) is 9.25. The van der Waals surface area contributed by atoms with Gasteiger partial charge in [-0.15, -0.1) is 0 Å². The number of carbonyl (C=O) groups is 2. The number of benzene rings is 2. The van der Waals surface area contributed by atoms with Crippen molar-refractivity contribution in [2.45, 2.75) is 0 Å². The summed E-state index contributed by atoms with van der Waals surface area (Å²) in [4.78, 5) is 23.4. The predicted molar refractivity (Wildman–Crippen MR) is 98.0 cm³/mol. The van der Waals surface area contributed by atoms with E-state index in [1.54, 1.807) is 24.3 Å². The average molecular weight is 423 g/mol. The SMILES string of the molecule is O=C(COC(=O)COc1ccc(Cl)cc1)Nc1cc(Cl)c(Cl)cc1Cl. The first-order valence-electron chi connectivity index (χ1n) is 6.83. The zero-order valence-corrected chi connectivity index (χ0v) is 15.5. The Morgan fingerprint density at radius 1 is 0.880 bits per heavy atom. The zero-order chi connectivity index (χ0) is 18.4. The third-order valence-electron chi connectivity index (χ3n) is 2.82. The molecule has 0 aliphatic rings. The number of carbonyl (C=O) groups excluding carboxylic acids is 2. The molecule has 5 nitrogen and oxygen atoms in total. The molecule has 0 fully saturated rings. The standard InChI is InChI=1S/C16H11Cl4NO4/c17-9-1-3-10(4-2-9)24-8-16(23)25-7-15(22)21-14-6-12(19)11(18)5-13(14)20/h1-6H,7-8H2,(H,21,22). The fourth-order valence-corrected chi connectivity index (χ4v) is 2.39. The molecule has 0 unspecified atom stereocenters. The molecule has 0 aromatic heterocycles. The summed E-state index contributed by atoms with van der Waals surface area (Å²) < 4.78 is 10.0. The van der Waals surface area contributed by atoms with E-state index in [-0.39, 0.29) is 27.4 Å². The highest BCUT2D eigenvalue weighted by atomic mass is 35.5. The molecule has 0 saturated heterocycles. The van der Waals surface area contributed by atoms with Gasteiger partial charge in [-0.25, -0.2) is 4.79 Å². The summed E-state index contributed by atoms with van der Waals surface area (Å²) in [6.07, 6.45) is 0. The van der Waals surface area contributed by atoms with Crippen LogP contribution in [0.5, 0.6) is 5.75 Å². The van der Waals surface area contributed by atoms with Crippen LogP contribution >= 0.6 is 46.4 Å². The fraction of sp³-hybridized carbons (Fsp3) is 0.125. The molecule has 2 aromatic rings. The Morgan fingerprint density at radius 3 is 2.20 bits per heavy atom. The van der Waals surface area contributed by atoms with Gasteiger partial charge in [0, 0.05) is 5.02 Å². The van der Waals surface area contributed by atoms with E-state index >= 15 is 0 Å². The Kier molecular flexibility index (Phi) is 7.20. The van der Waals surface area contributed by atoms with Crippen LogP contribution in [-0.4, -0.2) is 25.1 Å². The molecule has 0 bridgehead atoms. The second-order valence-electron chi connectivity index (χ2n) is 4.70. The maximum Gasteiger partial charge on any atom is 0.344 e. The molecule has 1 N–H and O–H groups in total. The van der Waals surface area contributed by atoms with Gasteiger partial charge in [-0.3, -0.25) is 4.79 Å². The van der Waals surface area contributed by atoms with Crippen LogP contribution in [-0.2, 0) is 14.3 Å². The Bertz CT molecular complexity index is 780. The molecule has 0 heterocycles. The van der Waals surface area contributed by atoms with Crippen molar-refractivity contribution >= 4 is 64.0 Å². The number of ether oxygens (including phenoxy) is 2. The predicted octanol–water partition coefficient (Wildman–Crippen LogP) is 4.86. The van der Waals surface area contributed by atoms with Crippen molar-refractivity contribution in [2.24, 2.45) is 0 Å². The van der Waals surface area contributed by atoms with Crippen LogP contribution in [0.25, 0.3) is 0 Å². The molecule has 0 saturated carbocycles. The molecule has 2 aromatic carbocycles. The van der Waals surface area contributed by atoms with Crippen molar-refractivity contribution in [2.75, 3.05) is 18.5 Å². The molecule has 2 rings (SSSR count).